The van der Waals surface area contributed by atoms with Crippen LogP contribution in [0.5, 0.6) is 0 Å². The second-order valence-corrected chi connectivity index (χ2v) is 8.94. The van der Waals surface area contributed by atoms with Crippen molar-refractivity contribution in [3.8, 4) is 0 Å². The molecule has 27 heavy (non-hydrogen) atoms. The fraction of sp³-hybridized carbons (Fsp3) is 0.529. The Morgan fingerprint density at radius 1 is 1.37 bits per heavy atom. The van der Waals surface area contributed by atoms with Crippen LogP contribution in [0.15, 0.2) is 18.2 Å². The first-order valence-corrected chi connectivity index (χ1v) is 10.4. The number of benzene rings is 1. The van der Waals surface area contributed by atoms with E-state index in [9.17, 15) is 18.0 Å². The Morgan fingerprint density at radius 3 is 2.70 bits per heavy atom. The molecule has 1 heterocycles. The van der Waals surface area contributed by atoms with Crippen molar-refractivity contribution in [2.24, 2.45) is 5.92 Å². The number of halogens is 1. The molecule has 2 rings (SSSR count). The first kappa shape index (κ1) is 21.6. The van der Waals surface area contributed by atoms with Gasteiger partial charge in [-0.3, -0.25) is 4.79 Å². The summed E-state index contributed by atoms with van der Waals surface area (Å²) >= 11 is 6.02. The summed E-state index contributed by atoms with van der Waals surface area (Å²) < 4.78 is 32.0. The molecular weight excluding hydrogens is 394 g/mol. The fourth-order valence-corrected chi connectivity index (χ4v) is 4.19. The van der Waals surface area contributed by atoms with Crippen molar-refractivity contribution >= 4 is 39.4 Å². The van der Waals surface area contributed by atoms with Gasteiger partial charge in [-0.15, -0.1) is 0 Å². The quantitative estimate of drug-likeness (QED) is 0.714. The van der Waals surface area contributed by atoms with Crippen molar-refractivity contribution in [1.82, 2.24) is 8.61 Å². The molecule has 1 aliphatic heterocycles. The van der Waals surface area contributed by atoms with Crippen LogP contribution in [0.4, 0.5) is 5.69 Å². The van der Waals surface area contributed by atoms with Gasteiger partial charge in [0.2, 0.25) is 5.91 Å². The average Bonchev–Trinajstić information content (AvgIpc) is 2.63. The van der Waals surface area contributed by atoms with Gasteiger partial charge in [-0.2, -0.15) is 17.0 Å². The summed E-state index contributed by atoms with van der Waals surface area (Å²) in [6.07, 6.45) is 1.18. The van der Waals surface area contributed by atoms with Crippen LogP contribution >= 0.6 is 11.6 Å². The summed E-state index contributed by atoms with van der Waals surface area (Å²) in [6, 6.07) is 4.54. The third-order valence-corrected chi connectivity index (χ3v) is 6.51. The van der Waals surface area contributed by atoms with Crippen LogP contribution in [0.2, 0.25) is 5.02 Å². The average molecular weight is 418 g/mol. The Morgan fingerprint density at radius 2 is 2.07 bits per heavy atom. The molecule has 1 aliphatic rings. The summed E-state index contributed by atoms with van der Waals surface area (Å²) in [5.41, 5.74) is 0.566. The molecule has 150 valence electrons. The number of anilines is 1. The van der Waals surface area contributed by atoms with Gasteiger partial charge in [0.25, 0.3) is 10.2 Å². The number of nitrogens with one attached hydrogen (secondary N) is 1. The van der Waals surface area contributed by atoms with Crippen LogP contribution in [0.3, 0.4) is 0 Å². The number of esters is 1. The predicted molar refractivity (Wildman–Crippen MR) is 103 cm³/mol. The van der Waals surface area contributed by atoms with E-state index in [4.69, 9.17) is 16.3 Å². The Balaban J connectivity index is 2.11. The van der Waals surface area contributed by atoms with Gasteiger partial charge >= 0.3 is 5.97 Å². The van der Waals surface area contributed by atoms with Gasteiger partial charge in [0.05, 0.1) is 23.1 Å². The van der Waals surface area contributed by atoms with Crippen molar-refractivity contribution in [2.45, 2.75) is 19.8 Å². The summed E-state index contributed by atoms with van der Waals surface area (Å²) in [5, 5.41) is 2.97. The standard InChI is InChI=1S/C17H24ClN3O5S/c1-4-26-17(23)14-10-13(7-8-15(14)18)19-16(22)12-6-5-9-21(11-12)27(24,25)20(2)3/h7-8,10,12H,4-6,9,11H2,1-3H3,(H,19,22)/t12-/m1/s1. The van der Waals surface area contributed by atoms with E-state index in [0.717, 1.165) is 4.31 Å². The molecule has 0 radical (unpaired) electrons. The Hall–Kier alpha value is -1.68. The summed E-state index contributed by atoms with van der Waals surface area (Å²) in [6.45, 7) is 2.40. The number of hydrogen-bond donors (Lipinski definition) is 1. The minimum absolute atomic E-state index is 0.116. The molecule has 8 nitrogen and oxygen atoms in total. The monoisotopic (exact) mass is 417 g/mol. The topological polar surface area (TPSA) is 96.0 Å². The number of piperidine rings is 1. The van der Waals surface area contributed by atoms with Gasteiger partial charge in [0.15, 0.2) is 0 Å². The lowest BCUT2D eigenvalue weighted by Crippen LogP contribution is -2.47. The van der Waals surface area contributed by atoms with Crippen LogP contribution in [0.25, 0.3) is 0 Å². The lowest BCUT2D eigenvalue weighted by molar-refractivity contribution is -0.120. The van der Waals surface area contributed by atoms with Gasteiger partial charge in [0, 0.05) is 32.9 Å². The van der Waals surface area contributed by atoms with E-state index in [1.165, 1.54) is 30.5 Å². The molecule has 1 saturated heterocycles. The maximum Gasteiger partial charge on any atom is 0.339 e. The van der Waals surface area contributed by atoms with E-state index in [1.807, 2.05) is 0 Å². The molecule has 0 bridgehead atoms. The minimum Gasteiger partial charge on any atom is -0.462 e. The Kier molecular flexibility index (Phi) is 7.21. The molecule has 1 aromatic rings. The van der Waals surface area contributed by atoms with Crippen molar-refractivity contribution in [1.29, 1.82) is 0 Å². The van der Waals surface area contributed by atoms with Crippen LogP contribution in [0.1, 0.15) is 30.1 Å². The van der Waals surface area contributed by atoms with Crippen LogP contribution in [0, 0.1) is 5.92 Å². The van der Waals surface area contributed by atoms with Crippen molar-refractivity contribution < 1.29 is 22.7 Å². The zero-order valence-electron chi connectivity index (χ0n) is 15.6. The third kappa shape index (κ3) is 5.19. The summed E-state index contributed by atoms with van der Waals surface area (Å²) in [4.78, 5) is 24.5. The highest BCUT2D eigenvalue weighted by Gasteiger charge is 2.33. The van der Waals surface area contributed by atoms with Crippen LogP contribution < -0.4 is 5.32 Å². The normalized spacial score (nSPS) is 18.3. The van der Waals surface area contributed by atoms with Gasteiger partial charge in [-0.25, -0.2) is 4.79 Å². The van der Waals surface area contributed by atoms with Crippen molar-refractivity contribution in [2.75, 3.05) is 39.1 Å². The zero-order valence-corrected chi connectivity index (χ0v) is 17.1. The first-order chi connectivity index (χ1) is 12.7. The molecular formula is C17H24ClN3O5S. The number of nitrogens with zero attached hydrogens (tertiary/aromatic N) is 2. The fourth-order valence-electron chi connectivity index (χ4n) is 2.81. The van der Waals surface area contributed by atoms with E-state index in [0.29, 0.717) is 25.1 Å². The summed E-state index contributed by atoms with van der Waals surface area (Å²) in [7, 11) is -0.637. The number of carbonyl (C=O) groups excluding carboxylic acids is 2. The smallest absolute Gasteiger partial charge is 0.339 e. The molecule has 10 heteroatoms. The highest BCUT2D eigenvalue weighted by atomic mass is 35.5. The molecule has 1 amide bonds. The molecule has 0 aliphatic carbocycles. The summed E-state index contributed by atoms with van der Waals surface area (Å²) in [5.74, 6) is -1.35. The molecule has 1 N–H and O–H groups in total. The molecule has 0 spiro atoms. The number of amides is 1. The molecule has 0 unspecified atom stereocenters. The second kappa shape index (κ2) is 9.01. The molecule has 0 aromatic heterocycles. The zero-order chi connectivity index (χ0) is 20.2. The minimum atomic E-state index is -3.56. The molecule has 1 fully saturated rings. The van der Waals surface area contributed by atoms with E-state index < -0.39 is 22.1 Å². The van der Waals surface area contributed by atoms with Gasteiger partial charge in [-0.1, -0.05) is 11.6 Å². The Bertz CT molecular complexity index is 813. The van der Waals surface area contributed by atoms with E-state index >= 15 is 0 Å². The maximum absolute atomic E-state index is 12.6. The van der Waals surface area contributed by atoms with Crippen LogP contribution in [-0.4, -0.2) is 62.7 Å². The lowest BCUT2D eigenvalue weighted by atomic mass is 9.98. The second-order valence-electron chi connectivity index (χ2n) is 6.39. The van der Waals surface area contributed by atoms with E-state index in [2.05, 4.69) is 5.32 Å². The van der Waals surface area contributed by atoms with E-state index in [-0.39, 0.29) is 29.6 Å². The van der Waals surface area contributed by atoms with Gasteiger partial charge < -0.3 is 10.1 Å². The Labute approximate surface area is 164 Å². The highest BCUT2D eigenvalue weighted by molar-refractivity contribution is 7.86. The molecule has 0 saturated carbocycles. The van der Waals surface area contributed by atoms with Gasteiger partial charge in [0.1, 0.15) is 0 Å². The first-order valence-electron chi connectivity index (χ1n) is 8.62. The number of hydrogen-bond acceptors (Lipinski definition) is 5. The predicted octanol–water partition coefficient (Wildman–Crippen LogP) is 1.97. The van der Waals surface area contributed by atoms with Crippen LogP contribution in [-0.2, 0) is 19.7 Å². The highest BCUT2D eigenvalue weighted by Crippen LogP contribution is 2.24. The number of ether oxygens (including phenoxy) is 1. The van der Waals surface area contributed by atoms with Crippen molar-refractivity contribution in [3.63, 3.8) is 0 Å². The van der Waals surface area contributed by atoms with E-state index in [1.54, 1.807) is 13.0 Å². The maximum atomic E-state index is 12.6. The number of rotatable bonds is 6. The largest absolute Gasteiger partial charge is 0.462 e. The third-order valence-electron chi connectivity index (χ3n) is 4.27. The van der Waals surface area contributed by atoms with Crippen molar-refractivity contribution in [3.05, 3.63) is 28.8 Å². The lowest BCUT2D eigenvalue weighted by Gasteiger charge is -2.32. The number of carbonyl (C=O) groups is 2. The molecule has 1 atom stereocenters. The van der Waals surface area contributed by atoms with Gasteiger partial charge in [-0.05, 0) is 38.0 Å². The SMILES string of the molecule is CCOC(=O)c1cc(NC(=O)[C@@H]2CCCN(S(=O)(=O)N(C)C)C2)ccc1Cl. The molecule has 1 aromatic carbocycles.